The smallest absolute Gasteiger partial charge is 0.416 e. The van der Waals surface area contributed by atoms with Crippen LogP contribution in [0, 0.1) is 5.82 Å². The molecule has 182 valence electrons. The van der Waals surface area contributed by atoms with Crippen molar-refractivity contribution in [1.29, 1.82) is 0 Å². The Bertz CT molecular complexity index is 1360. The van der Waals surface area contributed by atoms with Gasteiger partial charge in [0.2, 0.25) is 0 Å². The van der Waals surface area contributed by atoms with Crippen LogP contribution in [-0.2, 0) is 10.2 Å². The molecule has 0 spiro atoms. The summed E-state index contributed by atoms with van der Waals surface area (Å²) in [7, 11) is 0. The van der Waals surface area contributed by atoms with Crippen LogP contribution in [0.3, 0.4) is 0 Å². The lowest BCUT2D eigenvalue weighted by molar-refractivity contribution is 0.0571. The van der Waals surface area contributed by atoms with Gasteiger partial charge < -0.3 is 14.8 Å². The van der Waals surface area contributed by atoms with Gasteiger partial charge in [-0.25, -0.2) is 9.18 Å². The summed E-state index contributed by atoms with van der Waals surface area (Å²) in [6, 6.07) is 11.4. The molecule has 9 nitrogen and oxygen atoms in total. The van der Waals surface area contributed by atoms with Crippen molar-refractivity contribution in [3.8, 4) is 17.3 Å². The Kier molecular flexibility index (Phi) is 6.14. The number of hydrogen-bond acceptors (Lipinski definition) is 7. The van der Waals surface area contributed by atoms with E-state index in [0.29, 0.717) is 16.7 Å². The molecule has 3 heterocycles. The van der Waals surface area contributed by atoms with E-state index in [1.165, 1.54) is 23.2 Å². The van der Waals surface area contributed by atoms with E-state index < -0.39 is 22.9 Å². The Morgan fingerprint density at radius 1 is 1.11 bits per heavy atom. The molecule has 0 aliphatic rings. The Hall–Kier alpha value is -4.08. The molecule has 2 N–H and O–H groups in total. The SMILES string of the molecule is CC(C)(C)OC(=O)N(CC(C)(C)c1ncccc1F)c1ccc(-c2ccc3[nH]c(O)nc3c2)nn1. The van der Waals surface area contributed by atoms with Crippen molar-refractivity contribution < 1.29 is 19.0 Å². The molecule has 0 atom stereocenters. The summed E-state index contributed by atoms with van der Waals surface area (Å²) < 4.78 is 20.1. The molecule has 3 aromatic heterocycles. The zero-order valence-corrected chi connectivity index (χ0v) is 20.2. The van der Waals surface area contributed by atoms with E-state index in [1.807, 2.05) is 6.07 Å². The number of nitrogens with zero attached hydrogens (tertiary/aromatic N) is 5. The van der Waals surface area contributed by atoms with Crippen LogP contribution >= 0.6 is 0 Å². The molecule has 0 unspecified atom stereocenters. The van der Waals surface area contributed by atoms with Crippen molar-refractivity contribution in [2.45, 2.75) is 45.6 Å². The number of H-pyrrole nitrogens is 1. The van der Waals surface area contributed by atoms with Crippen molar-refractivity contribution in [2.24, 2.45) is 0 Å². The van der Waals surface area contributed by atoms with Crippen LogP contribution in [0.25, 0.3) is 22.3 Å². The number of amides is 1. The molecule has 0 aliphatic heterocycles. The fraction of sp³-hybridized carbons (Fsp3) is 0.320. The van der Waals surface area contributed by atoms with E-state index in [9.17, 15) is 14.3 Å². The average molecular weight is 479 g/mol. The van der Waals surface area contributed by atoms with Crippen LogP contribution in [0.15, 0.2) is 48.7 Å². The summed E-state index contributed by atoms with van der Waals surface area (Å²) >= 11 is 0. The second kappa shape index (κ2) is 8.94. The standard InChI is InChI=1S/C25H27FN6O3/c1-24(2,3)35-23(34)32(14-25(4,5)21-16(26)7-6-12-27-21)20-11-10-17(30-31-20)15-8-9-18-19(13-15)29-22(33)28-18/h6-13H,14H2,1-5H3,(H2,28,29,33). The van der Waals surface area contributed by atoms with Crippen LogP contribution in [0.2, 0.25) is 0 Å². The lowest BCUT2D eigenvalue weighted by Gasteiger charge is -2.33. The molecule has 35 heavy (non-hydrogen) atoms. The number of aromatic nitrogens is 5. The van der Waals surface area contributed by atoms with Crippen LogP contribution in [0.4, 0.5) is 15.0 Å². The molecule has 1 aromatic carbocycles. The first-order chi connectivity index (χ1) is 16.4. The number of carbonyl (C=O) groups is 1. The van der Waals surface area contributed by atoms with Crippen molar-refractivity contribution in [2.75, 3.05) is 11.4 Å². The molecule has 0 bridgehead atoms. The predicted octanol–water partition coefficient (Wildman–Crippen LogP) is 4.98. The lowest BCUT2D eigenvalue weighted by Crippen LogP contribution is -2.44. The summed E-state index contributed by atoms with van der Waals surface area (Å²) in [6.45, 7) is 8.96. The maximum absolute atomic E-state index is 14.5. The Morgan fingerprint density at radius 3 is 2.54 bits per heavy atom. The maximum Gasteiger partial charge on any atom is 0.416 e. The topological polar surface area (TPSA) is 117 Å². The van der Waals surface area contributed by atoms with Gasteiger partial charge in [0, 0.05) is 23.7 Å². The van der Waals surface area contributed by atoms with Gasteiger partial charge in [0.15, 0.2) is 5.82 Å². The molecular weight excluding hydrogens is 451 g/mol. The van der Waals surface area contributed by atoms with Crippen molar-refractivity contribution in [3.63, 3.8) is 0 Å². The third-order valence-electron chi connectivity index (χ3n) is 5.26. The van der Waals surface area contributed by atoms with Crippen LogP contribution in [-0.4, -0.2) is 48.5 Å². The third-order valence-corrected chi connectivity index (χ3v) is 5.26. The molecular formula is C25H27FN6O3. The number of anilines is 1. The monoisotopic (exact) mass is 478 g/mol. The second-order valence-corrected chi connectivity index (χ2v) is 9.85. The van der Waals surface area contributed by atoms with Crippen LogP contribution in [0.5, 0.6) is 6.01 Å². The molecule has 0 saturated heterocycles. The first-order valence-electron chi connectivity index (χ1n) is 11.1. The summed E-state index contributed by atoms with van der Waals surface area (Å²) in [6.07, 6.45) is 0.889. The van der Waals surface area contributed by atoms with Crippen molar-refractivity contribution in [1.82, 2.24) is 25.1 Å². The minimum atomic E-state index is -0.852. The number of halogens is 1. The fourth-order valence-electron chi connectivity index (χ4n) is 3.68. The summed E-state index contributed by atoms with van der Waals surface area (Å²) in [4.78, 5) is 25.5. The van der Waals surface area contributed by atoms with Crippen molar-refractivity contribution in [3.05, 3.63) is 60.2 Å². The van der Waals surface area contributed by atoms with E-state index in [4.69, 9.17) is 4.74 Å². The predicted molar refractivity (Wildman–Crippen MR) is 130 cm³/mol. The zero-order chi connectivity index (χ0) is 25.4. The number of aromatic hydroxyl groups is 1. The highest BCUT2D eigenvalue weighted by atomic mass is 19.1. The number of pyridine rings is 1. The molecule has 0 fully saturated rings. The van der Waals surface area contributed by atoms with Gasteiger partial charge in [0.05, 0.1) is 22.4 Å². The van der Waals surface area contributed by atoms with Gasteiger partial charge in [-0.2, -0.15) is 4.98 Å². The lowest BCUT2D eigenvalue weighted by atomic mass is 9.87. The van der Waals surface area contributed by atoms with Gasteiger partial charge in [-0.1, -0.05) is 19.9 Å². The Balaban J connectivity index is 1.67. The van der Waals surface area contributed by atoms with Gasteiger partial charge in [-0.15, -0.1) is 10.2 Å². The molecule has 0 aliphatic carbocycles. The number of rotatable bonds is 5. The molecule has 0 radical (unpaired) electrons. The molecule has 4 aromatic rings. The molecule has 1 amide bonds. The number of hydrogen-bond donors (Lipinski definition) is 2. The number of nitrogens with one attached hydrogen (secondary N) is 1. The molecule has 0 saturated carbocycles. The van der Waals surface area contributed by atoms with Crippen molar-refractivity contribution >= 4 is 22.9 Å². The number of fused-ring (bicyclic) bond motifs is 1. The Morgan fingerprint density at radius 2 is 1.89 bits per heavy atom. The normalized spacial score (nSPS) is 12.1. The Labute approximate surface area is 202 Å². The highest BCUT2D eigenvalue weighted by molar-refractivity contribution is 5.87. The van der Waals surface area contributed by atoms with Crippen LogP contribution < -0.4 is 4.90 Å². The van der Waals surface area contributed by atoms with Gasteiger partial charge in [0.25, 0.3) is 6.01 Å². The minimum Gasteiger partial charge on any atom is -0.480 e. The average Bonchev–Trinajstić information content (AvgIpc) is 3.16. The minimum absolute atomic E-state index is 0.0579. The van der Waals surface area contributed by atoms with Gasteiger partial charge in [-0.3, -0.25) is 9.88 Å². The highest BCUT2D eigenvalue weighted by Crippen LogP contribution is 2.29. The van der Waals surface area contributed by atoms with E-state index in [0.717, 1.165) is 5.56 Å². The van der Waals surface area contributed by atoms with Gasteiger partial charge >= 0.3 is 6.09 Å². The number of imidazole rings is 1. The van der Waals surface area contributed by atoms with E-state index in [1.54, 1.807) is 58.9 Å². The highest BCUT2D eigenvalue weighted by Gasteiger charge is 2.34. The first kappa shape index (κ1) is 24.1. The number of carbonyl (C=O) groups excluding carboxylic acids is 1. The van der Waals surface area contributed by atoms with Gasteiger partial charge in [0.1, 0.15) is 11.4 Å². The maximum atomic E-state index is 14.5. The molecule has 10 heteroatoms. The van der Waals surface area contributed by atoms with Gasteiger partial charge in [-0.05, 0) is 57.2 Å². The van der Waals surface area contributed by atoms with E-state index in [2.05, 4.69) is 25.1 Å². The van der Waals surface area contributed by atoms with E-state index >= 15 is 0 Å². The second-order valence-electron chi connectivity index (χ2n) is 9.85. The summed E-state index contributed by atoms with van der Waals surface area (Å²) in [5, 5.41) is 18.1. The van der Waals surface area contributed by atoms with Crippen LogP contribution in [0.1, 0.15) is 40.3 Å². The largest absolute Gasteiger partial charge is 0.480 e. The molecule has 4 rings (SSSR count). The summed E-state index contributed by atoms with van der Waals surface area (Å²) in [5.74, 6) is -0.200. The quantitative estimate of drug-likeness (QED) is 0.415. The number of benzene rings is 1. The zero-order valence-electron chi connectivity index (χ0n) is 20.2. The number of aromatic amines is 1. The first-order valence-corrected chi connectivity index (χ1v) is 11.1. The summed E-state index contributed by atoms with van der Waals surface area (Å²) in [5.41, 5.74) is 1.20. The number of ether oxygens (including phenoxy) is 1. The fourth-order valence-corrected chi connectivity index (χ4v) is 3.68. The van der Waals surface area contributed by atoms with E-state index in [-0.39, 0.29) is 24.1 Å². The third kappa shape index (κ3) is 5.37.